The summed E-state index contributed by atoms with van der Waals surface area (Å²) in [5, 5.41) is 7.10. The summed E-state index contributed by atoms with van der Waals surface area (Å²) in [5.74, 6) is 1.77. The largest absolute Gasteiger partial charge is 0.339 e. The molecule has 0 aromatic carbocycles. The zero-order valence-electron chi connectivity index (χ0n) is 14.8. The molecule has 2 heterocycles. The fraction of sp³-hybridized carbons (Fsp3) is 0.824. The summed E-state index contributed by atoms with van der Waals surface area (Å²) in [4.78, 5) is 21.1. The van der Waals surface area contributed by atoms with E-state index in [1.54, 1.807) is 4.90 Å². The second kappa shape index (κ2) is 7.96. The molecule has 1 aliphatic carbocycles. The molecule has 0 bridgehead atoms. The molecule has 7 heteroatoms. The molecule has 1 aliphatic heterocycles. The zero-order valence-corrected chi connectivity index (χ0v) is 14.8. The van der Waals surface area contributed by atoms with Crippen molar-refractivity contribution in [3.05, 3.63) is 11.7 Å². The van der Waals surface area contributed by atoms with Crippen LogP contribution in [0.5, 0.6) is 0 Å². The van der Waals surface area contributed by atoms with Gasteiger partial charge < -0.3 is 14.7 Å². The molecule has 0 unspecified atom stereocenters. The van der Waals surface area contributed by atoms with Gasteiger partial charge in [-0.25, -0.2) is 4.79 Å². The normalized spacial score (nSPS) is 21.7. The molecular formula is C17H29N5O2. The summed E-state index contributed by atoms with van der Waals surface area (Å²) in [6.45, 7) is 8.09. The minimum atomic E-state index is -0.0445. The summed E-state index contributed by atoms with van der Waals surface area (Å²) in [6.07, 6.45) is 5.95. The standard InChI is InChI=1S/C17H29N5O2/c1-3-21-10-6-5-7-14(21)11-18-17(23)22(4-2)12-15-19-16(24-20-15)13-8-9-13/h13-14H,3-12H2,1-2H3,(H,18,23)/t14-/m0/s1. The van der Waals surface area contributed by atoms with E-state index in [2.05, 4.69) is 27.3 Å². The summed E-state index contributed by atoms with van der Waals surface area (Å²) in [7, 11) is 0. The van der Waals surface area contributed by atoms with Gasteiger partial charge in [-0.3, -0.25) is 4.90 Å². The van der Waals surface area contributed by atoms with E-state index in [1.807, 2.05) is 6.92 Å². The van der Waals surface area contributed by atoms with Gasteiger partial charge in [0.15, 0.2) is 5.82 Å². The summed E-state index contributed by atoms with van der Waals surface area (Å²) in [6, 6.07) is 0.412. The Morgan fingerprint density at radius 1 is 1.33 bits per heavy atom. The van der Waals surface area contributed by atoms with E-state index in [0.29, 0.717) is 37.4 Å². The van der Waals surface area contributed by atoms with E-state index >= 15 is 0 Å². The summed E-state index contributed by atoms with van der Waals surface area (Å²) in [5.41, 5.74) is 0. The Kier molecular flexibility index (Phi) is 5.71. The van der Waals surface area contributed by atoms with Gasteiger partial charge in [-0.2, -0.15) is 4.98 Å². The van der Waals surface area contributed by atoms with E-state index in [4.69, 9.17) is 4.52 Å². The number of hydrogen-bond donors (Lipinski definition) is 1. The SMILES string of the molecule is CCN(Cc1noc(C2CC2)n1)C(=O)NC[C@@H]1CCCCN1CC. The van der Waals surface area contributed by atoms with Crippen molar-refractivity contribution >= 4 is 6.03 Å². The molecule has 2 aliphatic rings. The first-order valence-corrected chi connectivity index (χ1v) is 9.30. The molecule has 1 saturated carbocycles. The van der Waals surface area contributed by atoms with E-state index in [1.165, 1.54) is 12.8 Å². The van der Waals surface area contributed by atoms with Crippen molar-refractivity contribution in [3.63, 3.8) is 0 Å². The highest BCUT2D eigenvalue weighted by Crippen LogP contribution is 2.38. The number of likely N-dealkylation sites (tertiary alicyclic amines) is 1. The molecule has 0 radical (unpaired) electrons. The van der Waals surface area contributed by atoms with Crippen molar-refractivity contribution in [1.82, 2.24) is 25.3 Å². The van der Waals surface area contributed by atoms with Gasteiger partial charge in [0, 0.05) is 25.0 Å². The van der Waals surface area contributed by atoms with Crippen molar-refractivity contribution in [1.29, 1.82) is 0 Å². The second-order valence-corrected chi connectivity index (χ2v) is 6.80. The highest BCUT2D eigenvalue weighted by molar-refractivity contribution is 5.74. The molecule has 3 rings (SSSR count). The fourth-order valence-corrected chi connectivity index (χ4v) is 3.35. The van der Waals surface area contributed by atoms with Crippen LogP contribution in [0.25, 0.3) is 0 Å². The first-order valence-electron chi connectivity index (χ1n) is 9.30. The Balaban J connectivity index is 1.49. The van der Waals surface area contributed by atoms with Gasteiger partial charge in [0.2, 0.25) is 5.89 Å². The van der Waals surface area contributed by atoms with Crippen molar-refractivity contribution in [2.75, 3.05) is 26.2 Å². The highest BCUT2D eigenvalue weighted by atomic mass is 16.5. The van der Waals surface area contributed by atoms with Crippen LogP contribution in [-0.4, -0.2) is 58.2 Å². The number of nitrogens with zero attached hydrogens (tertiary/aromatic N) is 4. The number of hydrogen-bond acceptors (Lipinski definition) is 5. The van der Waals surface area contributed by atoms with Crippen LogP contribution in [-0.2, 0) is 6.54 Å². The first-order chi connectivity index (χ1) is 11.7. The molecule has 1 aromatic rings. The minimum absolute atomic E-state index is 0.0445. The summed E-state index contributed by atoms with van der Waals surface area (Å²) >= 11 is 0. The number of piperidine rings is 1. The van der Waals surface area contributed by atoms with Crippen LogP contribution in [0, 0.1) is 0 Å². The van der Waals surface area contributed by atoms with Crippen LogP contribution in [0.2, 0.25) is 0 Å². The average Bonchev–Trinajstić information content (AvgIpc) is 3.36. The zero-order chi connectivity index (χ0) is 16.9. The number of amides is 2. The van der Waals surface area contributed by atoms with Crippen LogP contribution >= 0.6 is 0 Å². The molecule has 1 N–H and O–H groups in total. The van der Waals surface area contributed by atoms with Crippen molar-refractivity contribution in [3.8, 4) is 0 Å². The average molecular weight is 335 g/mol. The Hall–Kier alpha value is -1.63. The molecule has 134 valence electrons. The quantitative estimate of drug-likeness (QED) is 0.828. The van der Waals surface area contributed by atoms with E-state index in [-0.39, 0.29) is 6.03 Å². The number of carbonyl (C=O) groups is 1. The fourth-order valence-electron chi connectivity index (χ4n) is 3.35. The highest BCUT2D eigenvalue weighted by Gasteiger charge is 2.30. The Bertz CT molecular complexity index is 543. The molecule has 2 amide bonds. The number of aromatic nitrogens is 2. The predicted octanol–water partition coefficient (Wildman–Crippen LogP) is 2.35. The molecule has 7 nitrogen and oxygen atoms in total. The van der Waals surface area contributed by atoms with Gasteiger partial charge in [0.25, 0.3) is 0 Å². The minimum Gasteiger partial charge on any atom is -0.339 e. The Morgan fingerprint density at radius 3 is 2.88 bits per heavy atom. The third kappa shape index (κ3) is 4.26. The van der Waals surface area contributed by atoms with Gasteiger partial charge in [0.05, 0.1) is 6.54 Å². The molecule has 1 aromatic heterocycles. The second-order valence-electron chi connectivity index (χ2n) is 6.80. The Labute approximate surface area is 143 Å². The third-order valence-electron chi connectivity index (χ3n) is 5.06. The van der Waals surface area contributed by atoms with Gasteiger partial charge in [-0.15, -0.1) is 0 Å². The smallest absolute Gasteiger partial charge is 0.317 e. The molecule has 2 fully saturated rings. The molecule has 0 spiro atoms. The molecule has 24 heavy (non-hydrogen) atoms. The van der Waals surface area contributed by atoms with Crippen molar-refractivity contribution in [2.24, 2.45) is 0 Å². The van der Waals surface area contributed by atoms with Gasteiger partial charge in [-0.05, 0) is 45.7 Å². The van der Waals surface area contributed by atoms with E-state index in [9.17, 15) is 4.79 Å². The molecule has 1 saturated heterocycles. The number of carbonyl (C=O) groups excluding carboxylic acids is 1. The van der Waals surface area contributed by atoms with Crippen LogP contribution < -0.4 is 5.32 Å². The number of urea groups is 1. The number of rotatable bonds is 7. The first kappa shape index (κ1) is 17.2. The van der Waals surface area contributed by atoms with Gasteiger partial charge >= 0.3 is 6.03 Å². The number of likely N-dealkylation sites (N-methyl/N-ethyl adjacent to an activating group) is 1. The molecular weight excluding hydrogens is 306 g/mol. The maximum absolute atomic E-state index is 12.5. The number of nitrogens with one attached hydrogen (secondary N) is 1. The third-order valence-corrected chi connectivity index (χ3v) is 5.06. The topological polar surface area (TPSA) is 74.5 Å². The summed E-state index contributed by atoms with van der Waals surface area (Å²) < 4.78 is 5.27. The predicted molar refractivity (Wildman–Crippen MR) is 90.6 cm³/mol. The Morgan fingerprint density at radius 2 is 2.17 bits per heavy atom. The van der Waals surface area contributed by atoms with Crippen molar-refractivity contribution < 1.29 is 9.32 Å². The lowest BCUT2D eigenvalue weighted by atomic mass is 10.0. The maximum atomic E-state index is 12.5. The van der Waals surface area contributed by atoms with Crippen molar-refractivity contribution in [2.45, 2.75) is 64.5 Å². The molecule has 1 atom stereocenters. The lowest BCUT2D eigenvalue weighted by molar-refractivity contribution is 0.147. The van der Waals surface area contributed by atoms with Crippen LogP contribution in [0.15, 0.2) is 4.52 Å². The van der Waals surface area contributed by atoms with Crippen LogP contribution in [0.1, 0.15) is 63.6 Å². The van der Waals surface area contributed by atoms with Crippen LogP contribution in [0.3, 0.4) is 0 Å². The lowest BCUT2D eigenvalue weighted by Gasteiger charge is -2.35. The van der Waals surface area contributed by atoms with E-state index in [0.717, 1.165) is 38.2 Å². The van der Waals surface area contributed by atoms with Gasteiger partial charge in [0.1, 0.15) is 0 Å². The van der Waals surface area contributed by atoms with Crippen LogP contribution in [0.4, 0.5) is 4.79 Å². The van der Waals surface area contributed by atoms with Gasteiger partial charge in [-0.1, -0.05) is 18.5 Å². The monoisotopic (exact) mass is 335 g/mol. The maximum Gasteiger partial charge on any atom is 0.317 e. The van der Waals surface area contributed by atoms with E-state index < -0.39 is 0 Å². The lowest BCUT2D eigenvalue weighted by Crippen LogP contribution is -2.49.